The van der Waals surface area contributed by atoms with E-state index in [1.54, 1.807) is 26.0 Å². The molecular weight excluding hydrogens is 408 g/mol. The molecule has 5 atom stereocenters. The van der Waals surface area contributed by atoms with Gasteiger partial charge in [-0.05, 0) is 62.1 Å². The lowest BCUT2D eigenvalue weighted by atomic mass is 9.96. The molecule has 2 fully saturated rings. The summed E-state index contributed by atoms with van der Waals surface area (Å²) in [7, 11) is 0. The van der Waals surface area contributed by atoms with Crippen LogP contribution in [0.25, 0.3) is 0 Å². The summed E-state index contributed by atoms with van der Waals surface area (Å²) in [6.07, 6.45) is -3.63. The minimum Gasteiger partial charge on any atom is -0.494 e. The fourth-order valence-electron chi connectivity index (χ4n) is 3.97. The summed E-state index contributed by atoms with van der Waals surface area (Å²) < 4.78 is 22.6. The normalized spacial score (nSPS) is 28.3. The third-order valence-corrected chi connectivity index (χ3v) is 5.77. The van der Waals surface area contributed by atoms with Crippen molar-refractivity contribution in [3.05, 3.63) is 64.2 Å². The van der Waals surface area contributed by atoms with Crippen molar-refractivity contribution in [2.75, 3.05) is 6.61 Å². The highest BCUT2D eigenvalue weighted by molar-refractivity contribution is 6.31. The number of aliphatic hydroxyl groups is 2. The zero-order valence-electron chi connectivity index (χ0n) is 17.2. The lowest BCUT2D eigenvalue weighted by Crippen LogP contribution is -2.37. The number of halogens is 1. The van der Waals surface area contributed by atoms with E-state index in [0.717, 1.165) is 16.9 Å². The first-order chi connectivity index (χ1) is 14.3. The SMILES string of the molecule is CCOc1ccc(Cc2cc(C(O)C3OC4OC(C)(C)OC4C3O)ccc2Cl)cc1. The van der Waals surface area contributed by atoms with Crippen molar-refractivity contribution in [2.24, 2.45) is 0 Å². The molecule has 2 saturated heterocycles. The summed E-state index contributed by atoms with van der Waals surface area (Å²) in [6, 6.07) is 13.2. The molecule has 0 amide bonds. The number of aliphatic hydroxyl groups excluding tert-OH is 2. The van der Waals surface area contributed by atoms with Crippen LogP contribution in [0.1, 0.15) is 43.6 Å². The molecule has 0 saturated carbocycles. The van der Waals surface area contributed by atoms with E-state index in [1.165, 1.54) is 0 Å². The van der Waals surface area contributed by atoms with Crippen molar-refractivity contribution in [3.8, 4) is 5.75 Å². The maximum Gasteiger partial charge on any atom is 0.190 e. The van der Waals surface area contributed by atoms with Gasteiger partial charge >= 0.3 is 0 Å². The third kappa shape index (κ3) is 4.35. The fraction of sp³-hybridized carbons (Fsp3) is 0.478. The second-order valence-electron chi connectivity index (χ2n) is 8.11. The van der Waals surface area contributed by atoms with Crippen LogP contribution in [-0.4, -0.2) is 47.2 Å². The first kappa shape index (κ1) is 21.6. The van der Waals surface area contributed by atoms with E-state index >= 15 is 0 Å². The van der Waals surface area contributed by atoms with Gasteiger partial charge in [-0.2, -0.15) is 0 Å². The molecule has 162 valence electrons. The lowest BCUT2D eigenvalue weighted by molar-refractivity contribution is -0.226. The Morgan fingerprint density at radius 3 is 2.53 bits per heavy atom. The molecule has 5 unspecified atom stereocenters. The number of ether oxygens (including phenoxy) is 4. The van der Waals surface area contributed by atoms with Crippen LogP contribution in [-0.2, 0) is 20.6 Å². The van der Waals surface area contributed by atoms with E-state index in [-0.39, 0.29) is 0 Å². The predicted octanol–water partition coefficient (Wildman–Crippen LogP) is 3.60. The largest absolute Gasteiger partial charge is 0.494 e. The Labute approximate surface area is 181 Å². The van der Waals surface area contributed by atoms with E-state index < -0.39 is 36.5 Å². The van der Waals surface area contributed by atoms with Gasteiger partial charge in [0.2, 0.25) is 0 Å². The molecule has 7 heteroatoms. The van der Waals surface area contributed by atoms with Gasteiger partial charge in [-0.25, -0.2) is 0 Å². The lowest BCUT2D eigenvalue weighted by Gasteiger charge is -2.26. The van der Waals surface area contributed by atoms with Crippen molar-refractivity contribution in [2.45, 2.75) is 63.7 Å². The number of benzene rings is 2. The molecule has 0 bridgehead atoms. The molecule has 0 radical (unpaired) electrons. The van der Waals surface area contributed by atoms with E-state index in [0.29, 0.717) is 23.6 Å². The zero-order valence-corrected chi connectivity index (χ0v) is 18.0. The third-order valence-electron chi connectivity index (χ3n) is 5.40. The maximum atomic E-state index is 10.9. The minimum absolute atomic E-state index is 0.603. The van der Waals surface area contributed by atoms with Crippen molar-refractivity contribution in [3.63, 3.8) is 0 Å². The minimum atomic E-state index is -1.04. The Bertz CT molecular complexity index is 884. The molecule has 2 N–H and O–H groups in total. The van der Waals surface area contributed by atoms with Gasteiger partial charge in [0.05, 0.1) is 6.61 Å². The van der Waals surface area contributed by atoms with Crippen molar-refractivity contribution >= 4 is 11.6 Å². The van der Waals surface area contributed by atoms with Gasteiger partial charge in [-0.1, -0.05) is 35.9 Å². The Hall–Kier alpha value is -1.67. The van der Waals surface area contributed by atoms with Gasteiger partial charge in [0, 0.05) is 5.02 Å². The molecule has 2 heterocycles. The summed E-state index contributed by atoms with van der Waals surface area (Å²) >= 11 is 6.40. The molecule has 0 spiro atoms. The van der Waals surface area contributed by atoms with Gasteiger partial charge in [0.1, 0.15) is 30.2 Å². The first-order valence-corrected chi connectivity index (χ1v) is 10.5. The standard InChI is InChI=1S/C23H27ClO6/c1-4-27-16-8-5-13(6-9-16)11-15-12-14(7-10-17(15)24)18(25)20-19(26)21-22(28-20)30-23(2,3)29-21/h5-10,12,18-22,25-26H,4,11H2,1-3H3. The summed E-state index contributed by atoms with van der Waals surface area (Å²) in [6.45, 7) is 6.09. The van der Waals surface area contributed by atoms with Crippen LogP contribution in [0, 0.1) is 0 Å². The number of fused-ring (bicyclic) bond motifs is 1. The van der Waals surface area contributed by atoms with E-state index in [9.17, 15) is 10.2 Å². The molecule has 4 rings (SSSR count). The van der Waals surface area contributed by atoms with E-state index in [1.807, 2.05) is 37.3 Å². The van der Waals surface area contributed by atoms with Crippen LogP contribution in [0.5, 0.6) is 5.75 Å². The average molecular weight is 435 g/mol. The fourth-order valence-corrected chi connectivity index (χ4v) is 4.16. The molecule has 30 heavy (non-hydrogen) atoms. The summed E-state index contributed by atoms with van der Waals surface area (Å²) in [5, 5.41) is 22.1. The van der Waals surface area contributed by atoms with E-state index in [2.05, 4.69) is 0 Å². The van der Waals surface area contributed by atoms with E-state index in [4.69, 9.17) is 30.5 Å². The molecular formula is C23H27ClO6. The molecule has 2 aromatic carbocycles. The smallest absolute Gasteiger partial charge is 0.190 e. The molecule has 0 aliphatic carbocycles. The highest BCUT2D eigenvalue weighted by atomic mass is 35.5. The Balaban J connectivity index is 1.49. The summed E-state index contributed by atoms with van der Waals surface area (Å²) in [5.74, 6) is -0.000683. The highest BCUT2D eigenvalue weighted by Crippen LogP contribution is 2.41. The van der Waals surface area contributed by atoms with Crippen LogP contribution in [0.3, 0.4) is 0 Å². The number of hydrogen-bond donors (Lipinski definition) is 2. The van der Waals surface area contributed by atoms with Crippen LogP contribution < -0.4 is 4.74 Å². The number of rotatable bonds is 6. The predicted molar refractivity (Wildman–Crippen MR) is 112 cm³/mol. The van der Waals surface area contributed by atoms with Crippen LogP contribution >= 0.6 is 11.6 Å². The summed E-state index contributed by atoms with van der Waals surface area (Å²) in [4.78, 5) is 0. The van der Waals surface area contributed by atoms with Gasteiger partial charge in [-0.3, -0.25) is 0 Å². The van der Waals surface area contributed by atoms with Crippen molar-refractivity contribution < 1.29 is 29.2 Å². The second-order valence-corrected chi connectivity index (χ2v) is 8.52. The van der Waals surface area contributed by atoms with Crippen molar-refractivity contribution in [1.82, 2.24) is 0 Å². The number of hydrogen-bond acceptors (Lipinski definition) is 6. The van der Waals surface area contributed by atoms with Crippen LogP contribution in [0.4, 0.5) is 0 Å². The molecule has 2 aliphatic heterocycles. The van der Waals surface area contributed by atoms with Gasteiger partial charge in [0.25, 0.3) is 0 Å². The molecule has 0 aromatic heterocycles. The quantitative estimate of drug-likeness (QED) is 0.723. The Morgan fingerprint density at radius 1 is 1.13 bits per heavy atom. The maximum absolute atomic E-state index is 10.9. The monoisotopic (exact) mass is 434 g/mol. The zero-order chi connectivity index (χ0) is 21.5. The molecule has 2 aromatic rings. The average Bonchev–Trinajstić information content (AvgIpc) is 3.17. The molecule has 2 aliphatic rings. The van der Waals surface area contributed by atoms with Gasteiger partial charge < -0.3 is 29.2 Å². The molecule has 6 nitrogen and oxygen atoms in total. The first-order valence-electron chi connectivity index (χ1n) is 10.1. The Morgan fingerprint density at radius 2 is 1.87 bits per heavy atom. The topological polar surface area (TPSA) is 77.4 Å². The highest BCUT2D eigenvalue weighted by Gasteiger charge is 2.56. The van der Waals surface area contributed by atoms with Crippen LogP contribution in [0.15, 0.2) is 42.5 Å². The van der Waals surface area contributed by atoms with Gasteiger partial charge in [-0.15, -0.1) is 0 Å². The summed E-state index contributed by atoms with van der Waals surface area (Å²) in [5.41, 5.74) is 2.56. The van der Waals surface area contributed by atoms with Gasteiger partial charge in [0.15, 0.2) is 12.1 Å². The Kier molecular flexibility index (Phi) is 6.08. The van der Waals surface area contributed by atoms with Crippen LogP contribution in [0.2, 0.25) is 5.02 Å². The second kappa shape index (κ2) is 8.46. The van der Waals surface area contributed by atoms with Crippen molar-refractivity contribution in [1.29, 1.82) is 0 Å².